The molecule has 8 heteroatoms. The standard InChI is InChI=1S/C26H28N2O5S/c1-3-34(30,31)28(21-13-14-23-24(17-21)33-16-15-32-23)18-25(29)27-26(20-10-5-4-6-11-20)22-12-8-7-9-19(22)2/h4-14,17,26H,3,15-16,18H2,1-2H3,(H,27,29)/t26-/m0/s1. The van der Waals surface area contributed by atoms with E-state index in [1.54, 1.807) is 25.1 Å². The lowest BCUT2D eigenvalue weighted by molar-refractivity contribution is -0.120. The maximum absolute atomic E-state index is 13.3. The molecular weight excluding hydrogens is 452 g/mol. The van der Waals surface area contributed by atoms with Crippen molar-refractivity contribution in [3.63, 3.8) is 0 Å². The third-order valence-corrected chi connectivity index (χ3v) is 7.48. The maximum Gasteiger partial charge on any atom is 0.241 e. The summed E-state index contributed by atoms with van der Waals surface area (Å²) in [6, 6.07) is 21.9. The number of nitrogens with one attached hydrogen (secondary N) is 1. The average molecular weight is 481 g/mol. The molecule has 0 aliphatic carbocycles. The van der Waals surface area contributed by atoms with Crippen LogP contribution in [0, 0.1) is 6.92 Å². The fourth-order valence-corrected chi connectivity index (χ4v) is 4.99. The Hall–Kier alpha value is -3.52. The molecule has 0 saturated heterocycles. The van der Waals surface area contributed by atoms with Crippen molar-refractivity contribution in [2.75, 3.05) is 29.8 Å². The molecule has 178 valence electrons. The van der Waals surface area contributed by atoms with Gasteiger partial charge in [0.15, 0.2) is 11.5 Å². The van der Waals surface area contributed by atoms with Gasteiger partial charge in [0, 0.05) is 6.07 Å². The summed E-state index contributed by atoms with van der Waals surface area (Å²) in [5.41, 5.74) is 3.25. The van der Waals surface area contributed by atoms with Gasteiger partial charge in [0.2, 0.25) is 15.9 Å². The average Bonchev–Trinajstić information content (AvgIpc) is 2.86. The lowest BCUT2D eigenvalue weighted by Crippen LogP contribution is -2.43. The van der Waals surface area contributed by atoms with E-state index in [1.807, 2.05) is 61.5 Å². The molecule has 0 bridgehead atoms. The van der Waals surface area contributed by atoms with Crippen LogP contribution in [0.25, 0.3) is 0 Å². The molecule has 1 aliphatic rings. The molecule has 4 rings (SSSR count). The van der Waals surface area contributed by atoms with E-state index in [9.17, 15) is 13.2 Å². The highest BCUT2D eigenvalue weighted by atomic mass is 32.2. The third-order valence-electron chi connectivity index (χ3n) is 5.74. The minimum atomic E-state index is -3.73. The van der Waals surface area contributed by atoms with Gasteiger partial charge in [0.25, 0.3) is 0 Å². The molecule has 3 aromatic rings. The van der Waals surface area contributed by atoms with Gasteiger partial charge < -0.3 is 14.8 Å². The van der Waals surface area contributed by atoms with E-state index in [0.29, 0.717) is 30.4 Å². The number of hydrogen-bond donors (Lipinski definition) is 1. The predicted octanol–water partition coefficient (Wildman–Crippen LogP) is 3.83. The quantitative estimate of drug-likeness (QED) is 0.530. The van der Waals surface area contributed by atoms with Crippen molar-refractivity contribution < 1.29 is 22.7 Å². The highest BCUT2D eigenvalue weighted by Gasteiger charge is 2.27. The number of hydrogen-bond acceptors (Lipinski definition) is 5. The van der Waals surface area contributed by atoms with Gasteiger partial charge >= 0.3 is 0 Å². The summed E-state index contributed by atoms with van der Waals surface area (Å²) in [5, 5.41) is 3.05. The zero-order valence-electron chi connectivity index (χ0n) is 19.2. The molecule has 0 spiro atoms. The van der Waals surface area contributed by atoms with Gasteiger partial charge in [0.1, 0.15) is 19.8 Å². The van der Waals surface area contributed by atoms with Gasteiger partial charge in [-0.1, -0.05) is 54.6 Å². The first-order valence-corrected chi connectivity index (χ1v) is 12.8. The van der Waals surface area contributed by atoms with Crippen LogP contribution in [0.4, 0.5) is 5.69 Å². The Morgan fingerprint density at radius 2 is 1.65 bits per heavy atom. The SMILES string of the molecule is CCS(=O)(=O)N(CC(=O)N[C@@H](c1ccccc1)c1ccccc1C)c1ccc2c(c1)OCCO2. The Bertz CT molecular complexity index is 1260. The van der Waals surface area contributed by atoms with Crippen molar-refractivity contribution in [3.8, 4) is 11.5 Å². The molecule has 0 fully saturated rings. The van der Waals surface area contributed by atoms with E-state index >= 15 is 0 Å². The molecule has 1 heterocycles. The van der Waals surface area contributed by atoms with Crippen molar-refractivity contribution in [2.45, 2.75) is 19.9 Å². The van der Waals surface area contributed by atoms with E-state index in [4.69, 9.17) is 9.47 Å². The molecule has 7 nitrogen and oxygen atoms in total. The molecule has 0 aromatic heterocycles. The van der Waals surface area contributed by atoms with E-state index < -0.39 is 22.0 Å². The molecule has 34 heavy (non-hydrogen) atoms. The third kappa shape index (κ3) is 5.17. The summed E-state index contributed by atoms with van der Waals surface area (Å²) in [6.07, 6.45) is 0. The summed E-state index contributed by atoms with van der Waals surface area (Å²) < 4.78 is 38.2. The van der Waals surface area contributed by atoms with E-state index in [1.165, 1.54) is 0 Å². The Labute approximate surface area is 200 Å². The number of aryl methyl sites for hydroxylation is 1. The first kappa shape index (κ1) is 23.6. The lowest BCUT2D eigenvalue weighted by Gasteiger charge is -2.27. The predicted molar refractivity (Wildman–Crippen MR) is 132 cm³/mol. The molecule has 1 atom stereocenters. The number of fused-ring (bicyclic) bond motifs is 1. The van der Waals surface area contributed by atoms with Gasteiger partial charge in [-0.15, -0.1) is 0 Å². The Morgan fingerprint density at radius 1 is 0.971 bits per heavy atom. The van der Waals surface area contributed by atoms with Crippen LogP contribution < -0.4 is 19.1 Å². The van der Waals surface area contributed by atoms with Crippen LogP contribution in [-0.4, -0.2) is 39.8 Å². The molecule has 1 N–H and O–H groups in total. The number of carbonyl (C=O) groups is 1. The first-order chi connectivity index (χ1) is 16.4. The number of rotatable bonds is 8. The largest absolute Gasteiger partial charge is 0.486 e. The van der Waals surface area contributed by atoms with Gasteiger partial charge in [-0.2, -0.15) is 0 Å². The van der Waals surface area contributed by atoms with E-state index in [-0.39, 0.29) is 12.3 Å². The van der Waals surface area contributed by atoms with E-state index in [2.05, 4.69) is 5.32 Å². The van der Waals surface area contributed by atoms with Gasteiger partial charge in [-0.25, -0.2) is 8.42 Å². The number of sulfonamides is 1. The number of carbonyl (C=O) groups excluding carboxylic acids is 1. The maximum atomic E-state index is 13.3. The summed E-state index contributed by atoms with van der Waals surface area (Å²) in [6.45, 7) is 4.00. The number of anilines is 1. The van der Waals surface area contributed by atoms with Crippen LogP contribution >= 0.6 is 0 Å². The Balaban J connectivity index is 1.64. The normalized spacial score (nSPS) is 13.7. The van der Waals surface area contributed by atoms with Crippen LogP contribution in [0.5, 0.6) is 11.5 Å². The highest BCUT2D eigenvalue weighted by molar-refractivity contribution is 7.92. The van der Waals surface area contributed by atoms with Gasteiger partial charge in [0.05, 0.1) is 17.5 Å². The van der Waals surface area contributed by atoms with Crippen LogP contribution in [0.15, 0.2) is 72.8 Å². The minimum absolute atomic E-state index is 0.144. The molecular formula is C26H28N2O5S. The summed E-state index contributed by atoms with van der Waals surface area (Å²) in [5.74, 6) is 0.456. The summed E-state index contributed by atoms with van der Waals surface area (Å²) in [7, 11) is -3.73. The van der Waals surface area contributed by atoms with Crippen molar-refractivity contribution in [2.24, 2.45) is 0 Å². The fourth-order valence-electron chi connectivity index (χ4n) is 3.93. The van der Waals surface area contributed by atoms with Crippen LogP contribution in [0.1, 0.15) is 29.7 Å². The fraction of sp³-hybridized carbons (Fsp3) is 0.269. The molecule has 0 unspecified atom stereocenters. The molecule has 1 aliphatic heterocycles. The van der Waals surface area contributed by atoms with Crippen LogP contribution in [0.3, 0.4) is 0 Å². The number of nitrogens with zero attached hydrogens (tertiary/aromatic N) is 1. The second kappa shape index (κ2) is 10.2. The monoisotopic (exact) mass is 480 g/mol. The van der Waals surface area contributed by atoms with E-state index in [0.717, 1.165) is 21.0 Å². The Morgan fingerprint density at radius 3 is 2.35 bits per heavy atom. The smallest absolute Gasteiger partial charge is 0.241 e. The van der Waals surface area contributed by atoms with Crippen molar-refractivity contribution in [3.05, 3.63) is 89.5 Å². The summed E-state index contributed by atoms with van der Waals surface area (Å²) >= 11 is 0. The number of amides is 1. The van der Waals surface area contributed by atoms with Crippen molar-refractivity contribution in [1.82, 2.24) is 5.32 Å². The lowest BCUT2D eigenvalue weighted by atomic mass is 9.95. The summed E-state index contributed by atoms with van der Waals surface area (Å²) in [4.78, 5) is 13.3. The number of benzene rings is 3. The minimum Gasteiger partial charge on any atom is -0.486 e. The van der Waals surface area contributed by atoms with Gasteiger partial charge in [-0.05, 0) is 42.7 Å². The molecule has 1 amide bonds. The van der Waals surface area contributed by atoms with Crippen LogP contribution in [0.2, 0.25) is 0 Å². The first-order valence-electron chi connectivity index (χ1n) is 11.2. The second-order valence-electron chi connectivity index (χ2n) is 8.00. The second-order valence-corrected chi connectivity index (χ2v) is 10.2. The van der Waals surface area contributed by atoms with Gasteiger partial charge in [-0.3, -0.25) is 9.10 Å². The molecule has 0 radical (unpaired) electrons. The zero-order valence-corrected chi connectivity index (χ0v) is 20.0. The highest BCUT2D eigenvalue weighted by Crippen LogP contribution is 2.35. The molecule has 0 saturated carbocycles. The zero-order chi connectivity index (χ0) is 24.1. The number of ether oxygens (including phenoxy) is 2. The topological polar surface area (TPSA) is 84.9 Å². The van der Waals surface area contributed by atoms with Crippen molar-refractivity contribution >= 4 is 21.6 Å². The molecule has 3 aromatic carbocycles. The van der Waals surface area contributed by atoms with Crippen LogP contribution in [-0.2, 0) is 14.8 Å². The Kier molecular flexibility index (Phi) is 7.07. The van der Waals surface area contributed by atoms with Crippen molar-refractivity contribution in [1.29, 1.82) is 0 Å².